The van der Waals surface area contributed by atoms with Gasteiger partial charge >= 0.3 is 0 Å². The van der Waals surface area contributed by atoms with E-state index in [9.17, 15) is 18.5 Å². The number of rotatable bonds is 7. The molecule has 0 amide bonds. The first-order chi connectivity index (χ1) is 8.92. The SMILES string of the molecule is CCc1ccc([N+](=O)[O-])cc1S(=O)(=O)NCCNC.Cl. The van der Waals surface area contributed by atoms with E-state index in [1.54, 1.807) is 14.0 Å². The number of nitro benzene ring substituents is 1. The number of nitrogens with zero attached hydrogens (tertiary/aromatic N) is 1. The molecule has 0 saturated heterocycles. The van der Waals surface area contributed by atoms with Crippen molar-refractivity contribution in [2.75, 3.05) is 20.1 Å². The van der Waals surface area contributed by atoms with E-state index in [0.717, 1.165) is 6.07 Å². The van der Waals surface area contributed by atoms with E-state index in [-0.39, 0.29) is 29.5 Å². The number of nitrogens with one attached hydrogen (secondary N) is 2. The van der Waals surface area contributed by atoms with Crippen LogP contribution >= 0.6 is 12.4 Å². The molecular formula is C11H18ClN3O4S. The number of halogens is 1. The number of nitro groups is 1. The Morgan fingerprint density at radius 3 is 2.45 bits per heavy atom. The highest BCUT2D eigenvalue weighted by molar-refractivity contribution is 7.89. The van der Waals surface area contributed by atoms with E-state index in [2.05, 4.69) is 10.0 Å². The molecule has 114 valence electrons. The molecule has 0 aliphatic heterocycles. The number of hydrogen-bond acceptors (Lipinski definition) is 5. The van der Waals surface area contributed by atoms with Crippen molar-refractivity contribution in [3.05, 3.63) is 33.9 Å². The lowest BCUT2D eigenvalue weighted by molar-refractivity contribution is -0.385. The van der Waals surface area contributed by atoms with E-state index in [0.29, 0.717) is 18.5 Å². The zero-order chi connectivity index (χ0) is 14.5. The van der Waals surface area contributed by atoms with Gasteiger partial charge in [-0.2, -0.15) is 0 Å². The van der Waals surface area contributed by atoms with Crippen LogP contribution in [0.5, 0.6) is 0 Å². The highest BCUT2D eigenvalue weighted by atomic mass is 35.5. The summed E-state index contributed by atoms with van der Waals surface area (Å²) in [7, 11) is -2.02. The molecule has 1 rings (SSSR count). The van der Waals surface area contributed by atoms with Crippen molar-refractivity contribution in [2.45, 2.75) is 18.2 Å². The van der Waals surface area contributed by atoms with Crippen molar-refractivity contribution in [2.24, 2.45) is 0 Å². The van der Waals surface area contributed by atoms with Gasteiger partial charge in [0.05, 0.1) is 9.82 Å². The Labute approximate surface area is 124 Å². The minimum absolute atomic E-state index is 0. The summed E-state index contributed by atoms with van der Waals surface area (Å²) in [5.74, 6) is 0. The molecule has 0 radical (unpaired) electrons. The normalized spacial score (nSPS) is 10.9. The summed E-state index contributed by atoms with van der Waals surface area (Å²) < 4.78 is 26.6. The van der Waals surface area contributed by atoms with E-state index in [4.69, 9.17) is 0 Å². The average molecular weight is 324 g/mol. The molecule has 9 heteroatoms. The van der Waals surface area contributed by atoms with Crippen molar-refractivity contribution in [3.8, 4) is 0 Å². The zero-order valence-electron chi connectivity index (χ0n) is 11.3. The van der Waals surface area contributed by atoms with Gasteiger partial charge in [-0.25, -0.2) is 13.1 Å². The summed E-state index contributed by atoms with van der Waals surface area (Å²) in [5.41, 5.74) is 0.328. The fourth-order valence-electron chi connectivity index (χ4n) is 1.59. The highest BCUT2D eigenvalue weighted by Crippen LogP contribution is 2.22. The van der Waals surface area contributed by atoms with Crippen molar-refractivity contribution in [1.29, 1.82) is 0 Å². The number of aryl methyl sites for hydroxylation is 1. The van der Waals surface area contributed by atoms with Gasteiger partial charge in [0, 0.05) is 25.2 Å². The van der Waals surface area contributed by atoms with Gasteiger partial charge in [0.2, 0.25) is 10.0 Å². The van der Waals surface area contributed by atoms with Gasteiger partial charge in [-0.3, -0.25) is 10.1 Å². The van der Waals surface area contributed by atoms with E-state index in [1.165, 1.54) is 12.1 Å². The standard InChI is InChI=1S/C11H17N3O4S.ClH/c1-3-9-4-5-10(14(15)16)8-11(9)19(17,18)13-7-6-12-2;/h4-5,8,12-13H,3,6-7H2,1-2H3;1H. The Morgan fingerprint density at radius 1 is 1.30 bits per heavy atom. The lowest BCUT2D eigenvalue weighted by Gasteiger charge is -2.10. The zero-order valence-corrected chi connectivity index (χ0v) is 12.9. The van der Waals surface area contributed by atoms with E-state index < -0.39 is 14.9 Å². The van der Waals surface area contributed by atoms with Gasteiger partial charge < -0.3 is 5.32 Å². The Balaban J connectivity index is 0.00000361. The molecule has 0 heterocycles. The van der Waals surface area contributed by atoms with E-state index >= 15 is 0 Å². The van der Waals surface area contributed by atoms with Gasteiger partial charge in [-0.05, 0) is 19.0 Å². The summed E-state index contributed by atoms with van der Waals surface area (Å²) in [5, 5.41) is 13.5. The van der Waals surface area contributed by atoms with Crippen LogP contribution in [0.3, 0.4) is 0 Å². The third kappa shape index (κ3) is 4.71. The first-order valence-electron chi connectivity index (χ1n) is 5.84. The van der Waals surface area contributed by atoms with Crippen molar-refractivity contribution in [1.82, 2.24) is 10.0 Å². The molecular weight excluding hydrogens is 306 g/mol. The Morgan fingerprint density at radius 2 is 1.95 bits per heavy atom. The second kappa shape index (κ2) is 8.15. The van der Waals surface area contributed by atoms with Crippen LogP contribution in [0.1, 0.15) is 12.5 Å². The first kappa shape index (κ1) is 18.8. The van der Waals surface area contributed by atoms with Crippen LogP contribution in [-0.4, -0.2) is 33.5 Å². The average Bonchev–Trinajstić information content (AvgIpc) is 2.38. The van der Waals surface area contributed by atoms with Crippen molar-refractivity contribution < 1.29 is 13.3 Å². The van der Waals surface area contributed by atoms with Crippen LogP contribution in [-0.2, 0) is 16.4 Å². The Bertz CT molecular complexity index is 563. The summed E-state index contributed by atoms with van der Waals surface area (Å²) >= 11 is 0. The summed E-state index contributed by atoms with van der Waals surface area (Å²) in [6, 6.07) is 3.89. The molecule has 1 aromatic rings. The monoisotopic (exact) mass is 323 g/mol. The number of sulfonamides is 1. The Kier molecular flexibility index (Phi) is 7.66. The fraction of sp³-hybridized carbons (Fsp3) is 0.455. The quantitative estimate of drug-likeness (QED) is 0.444. The molecule has 0 atom stereocenters. The summed E-state index contributed by atoms with van der Waals surface area (Å²) in [6.45, 7) is 2.51. The lowest BCUT2D eigenvalue weighted by Crippen LogP contribution is -2.31. The first-order valence-corrected chi connectivity index (χ1v) is 7.32. The summed E-state index contributed by atoms with van der Waals surface area (Å²) in [4.78, 5) is 10.1. The van der Waals surface area contributed by atoms with Crippen molar-refractivity contribution in [3.63, 3.8) is 0 Å². The molecule has 1 aromatic carbocycles. The predicted octanol–water partition coefficient (Wildman–Crippen LogP) is 1.08. The molecule has 0 bridgehead atoms. The fourth-order valence-corrected chi connectivity index (χ4v) is 2.95. The van der Waals surface area contributed by atoms with Gasteiger partial charge in [0.15, 0.2) is 0 Å². The maximum absolute atomic E-state index is 12.1. The molecule has 0 fully saturated rings. The molecule has 0 unspecified atom stereocenters. The second-order valence-electron chi connectivity index (χ2n) is 3.90. The van der Waals surface area contributed by atoms with Gasteiger partial charge in [0.25, 0.3) is 5.69 Å². The van der Waals surface area contributed by atoms with Gasteiger partial charge in [-0.15, -0.1) is 12.4 Å². The number of non-ortho nitro benzene ring substituents is 1. The third-order valence-corrected chi connectivity index (χ3v) is 4.14. The minimum atomic E-state index is -3.73. The lowest BCUT2D eigenvalue weighted by atomic mass is 10.1. The highest BCUT2D eigenvalue weighted by Gasteiger charge is 2.20. The van der Waals surface area contributed by atoms with E-state index in [1.807, 2.05) is 0 Å². The number of likely N-dealkylation sites (N-methyl/N-ethyl adjacent to an activating group) is 1. The molecule has 0 aromatic heterocycles. The minimum Gasteiger partial charge on any atom is -0.318 e. The van der Waals surface area contributed by atoms with Crippen LogP contribution in [0.2, 0.25) is 0 Å². The topological polar surface area (TPSA) is 101 Å². The predicted molar refractivity (Wildman–Crippen MR) is 78.8 cm³/mol. The number of hydrogen-bond donors (Lipinski definition) is 2. The third-order valence-electron chi connectivity index (χ3n) is 2.60. The van der Waals surface area contributed by atoms with Gasteiger partial charge in [-0.1, -0.05) is 13.0 Å². The molecule has 0 saturated carbocycles. The van der Waals surface area contributed by atoms with Crippen LogP contribution in [0.15, 0.2) is 23.1 Å². The molecule has 2 N–H and O–H groups in total. The molecule has 0 spiro atoms. The number of benzene rings is 1. The van der Waals surface area contributed by atoms with Crippen LogP contribution in [0.25, 0.3) is 0 Å². The van der Waals surface area contributed by atoms with Crippen LogP contribution < -0.4 is 10.0 Å². The van der Waals surface area contributed by atoms with Crippen LogP contribution in [0.4, 0.5) is 5.69 Å². The second-order valence-corrected chi connectivity index (χ2v) is 5.64. The maximum Gasteiger partial charge on any atom is 0.270 e. The smallest absolute Gasteiger partial charge is 0.270 e. The summed E-state index contributed by atoms with van der Waals surface area (Å²) in [6.07, 6.45) is 0.486. The molecule has 20 heavy (non-hydrogen) atoms. The maximum atomic E-state index is 12.1. The molecule has 7 nitrogen and oxygen atoms in total. The molecule has 0 aliphatic rings. The van der Waals surface area contributed by atoms with Gasteiger partial charge in [0.1, 0.15) is 0 Å². The van der Waals surface area contributed by atoms with Crippen molar-refractivity contribution >= 4 is 28.1 Å². The van der Waals surface area contributed by atoms with Crippen LogP contribution in [0, 0.1) is 10.1 Å². The molecule has 0 aliphatic carbocycles. The largest absolute Gasteiger partial charge is 0.318 e. The Hall–Kier alpha value is -1.22.